The van der Waals surface area contributed by atoms with E-state index in [-0.39, 0.29) is 4.90 Å². The first-order valence-electron chi connectivity index (χ1n) is 13.5. The SMILES string of the molecule is O=S(=O)(c1ccccc1)n1cc(CN(CCOCCNC2CCCC2)Cc2cccnc2F)c2ccccc21. The van der Waals surface area contributed by atoms with Gasteiger partial charge >= 0.3 is 0 Å². The van der Waals surface area contributed by atoms with Crippen LogP contribution in [-0.4, -0.2) is 54.6 Å². The van der Waals surface area contributed by atoms with Gasteiger partial charge in [-0.25, -0.2) is 17.4 Å². The Hall–Kier alpha value is -3.11. The van der Waals surface area contributed by atoms with E-state index >= 15 is 0 Å². The highest BCUT2D eigenvalue weighted by Gasteiger charge is 2.22. The van der Waals surface area contributed by atoms with Crippen molar-refractivity contribution in [3.63, 3.8) is 0 Å². The molecule has 0 radical (unpaired) electrons. The molecule has 0 saturated heterocycles. The van der Waals surface area contributed by atoms with Crippen molar-refractivity contribution in [1.82, 2.24) is 19.2 Å². The van der Waals surface area contributed by atoms with Gasteiger partial charge < -0.3 is 10.1 Å². The molecule has 0 atom stereocenters. The van der Waals surface area contributed by atoms with Crippen LogP contribution in [-0.2, 0) is 27.8 Å². The molecule has 0 unspecified atom stereocenters. The van der Waals surface area contributed by atoms with Crippen molar-refractivity contribution in [2.45, 2.75) is 49.7 Å². The van der Waals surface area contributed by atoms with Crippen LogP contribution in [0.15, 0.2) is 84.0 Å². The molecule has 1 saturated carbocycles. The fourth-order valence-electron chi connectivity index (χ4n) is 5.24. The third-order valence-electron chi connectivity index (χ3n) is 7.27. The summed E-state index contributed by atoms with van der Waals surface area (Å²) >= 11 is 0. The lowest BCUT2D eigenvalue weighted by atomic mass is 10.1. The number of fused-ring (bicyclic) bond motifs is 1. The van der Waals surface area contributed by atoms with Crippen LogP contribution in [0.1, 0.15) is 36.8 Å². The zero-order valence-corrected chi connectivity index (χ0v) is 22.8. The number of ether oxygens (including phenoxy) is 1. The van der Waals surface area contributed by atoms with Gasteiger partial charge in [-0.15, -0.1) is 0 Å². The molecule has 2 aromatic heterocycles. The maximum atomic E-state index is 14.5. The summed E-state index contributed by atoms with van der Waals surface area (Å²) in [7, 11) is -3.78. The van der Waals surface area contributed by atoms with E-state index in [0.717, 1.165) is 17.5 Å². The number of nitrogens with zero attached hydrogens (tertiary/aromatic N) is 3. The van der Waals surface area contributed by atoms with Crippen molar-refractivity contribution in [3.05, 3.63) is 96.2 Å². The van der Waals surface area contributed by atoms with Crippen LogP contribution in [0.25, 0.3) is 10.9 Å². The van der Waals surface area contributed by atoms with Gasteiger partial charge in [-0.05, 0) is 42.7 Å². The van der Waals surface area contributed by atoms with Crippen LogP contribution in [0.5, 0.6) is 0 Å². The normalized spacial score (nSPS) is 14.5. The Morgan fingerprint density at radius 1 is 0.949 bits per heavy atom. The molecule has 0 bridgehead atoms. The van der Waals surface area contributed by atoms with Crippen molar-refractivity contribution in [1.29, 1.82) is 0 Å². The van der Waals surface area contributed by atoms with Crippen LogP contribution in [0, 0.1) is 5.95 Å². The predicted molar refractivity (Wildman–Crippen MR) is 150 cm³/mol. The highest BCUT2D eigenvalue weighted by Crippen LogP contribution is 2.27. The van der Waals surface area contributed by atoms with Gasteiger partial charge in [0.25, 0.3) is 10.0 Å². The molecule has 2 aromatic carbocycles. The third kappa shape index (κ3) is 6.73. The molecule has 1 aliphatic carbocycles. The maximum absolute atomic E-state index is 14.5. The van der Waals surface area contributed by atoms with Crippen molar-refractivity contribution in [3.8, 4) is 0 Å². The highest BCUT2D eigenvalue weighted by atomic mass is 32.2. The summed E-state index contributed by atoms with van der Waals surface area (Å²) in [5.41, 5.74) is 1.94. The average molecular weight is 551 g/mol. The van der Waals surface area contributed by atoms with E-state index < -0.39 is 16.0 Å². The molecule has 1 aliphatic rings. The zero-order valence-electron chi connectivity index (χ0n) is 22.0. The number of hydrogen-bond acceptors (Lipinski definition) is 6. The number of halogens is 1. The molecule has 0 amide bonds. The van der Waals surface area contributed by atoms with Crippen molar-refractivity contribution in [2.24, 2.45) is 0 Å². The largest absolute Gasteiger partial charge is 0.379 e. The number of aromatic nitrogens is 2. The maximum Gasteiger partial charge on any atom is 0.268 e. The summed E-state index contributed by atoms with van der Waals surface area (Å²) < 4.78 is 48.8. The van der Waals surface area contributed by atoms with Gasteiger partial charge in [0.05, 0.1) is 23.6 Å². The Morgan fingerprint density at radius 2 is 1.69 bits per heavy atom. The minimum absolute atomic E-state index is 0.228. The molecule has 39 heavy (non-hydrogen) atoms. The topological polar surface area (TPSA) is 76.5 Å². The molecule has 5 rings (SSSR count). The first kappa shape index (κ1) is 27.5. The summed E-state index contributed by atoms with van der Waals surface area (Å²) in [6.45, 7) is 3.22. The van der Waals surface area contributed by atoms with E-state index in [9.17, 15) is 12.8 Å². The Balaban J connectivity index is 1.34. The van der Waals surface area contributed by atoms with E-state index in [0.29, 0.717) is 50.0 Å². The van der Waals surface area contributed by atoms with Crippen molar-refractivity contribution >= 4 is 20.9 Å². The Bertz CT molecular complexity index is 1470. The second-order valence-corrected chi connectivity index (χ2v) is 11.8. The number of rotatable bonds is 13. The molecule has 2 heterocycles. The van der Waals surface area contributed by atoms with Crippen LogP contribution in [0.3, 0.4) is 0 Å². The second kappa shape index (κ2) is 12.8. The smallest absolute Gasteiger partial charge is 0.268 e. The first-order chi connectivity index (χ1) is 19.0. The number of pyridine rings is 1. The van der Waals surface area contributed by atoms with Gasteiger partial charge in [0.15, 0.2) is 0 Å². The van der Waals surface area contributed by atoms with Crippen LogP contribution in [0.2, 0.25) is 0 Å². The Labute approximate surface area is 229 Å². The average Bonchev–Trinajstić information content (AvgIpc) is 3.61. The summed E-state index contributed by atoms with van der Waals surface area (Å²) in [5.74, 6) is -0.502. The van der Waals surface area contributed by atoms with Crippen molar-refractivity contribution in [2.75, 3.05) is 26.3 Å². The molecule has 0 aliphatic heterocycles. The Morgan fingerprint density at radius 3 is 2.49 bits per heavy atom. The van der Waals surface area contributed by atoms with E-state index in [1.807, 2.05) is 24.3 Å². The van der Waals surface area contributed by atoms with Gasteiger partial charge in [0.2, 0.25) is 5.95 Å². The van der Waals surface area contributed by atoms with Gasteiger partial charge in [0, 0.05) is 55.6 Å². The number of hydrogen-bond donors (Lipinski definition) is 1. The molecule has 1 N–H and O–H groups in total. The lowest BCUT2D eigenvalue weighted by Crippen LogP contribution is -2.31. The molecule has 1 fully saturated rings. The Kier molecular flexibility index (Phi) is 9.03. The van der Waals surface area contributed by atoms with Gasteiger partial charge in [-0.3, -0.25) is 4.90 Å². The van der Waals surface area contributed by atoms with Crippen LogP contribution in [0.4, 0.5) is 4.39 Å². The molecule has 4 aromatic rings. The third-order valence-corrected chi connectivity index (χ3v) is 8.96. The highest BCUT2D eigenvalue weighted by molar-refractivity contribution is 7.90. The van der Waals surface area contributed by atoms with Crippen LogP contribution >= 0.6 is 0 Å². The minimum atomic E-state index is -3.78. The second-order valence-electron chi connectivity index (χ2n) is 10.00. The van der Waals surface area contributed by atoms with Gasteiger partial charge in [-0.1, -0.05) is 55.3 Å². The van der Waals surface area contributed by atoms with E-state index in [2.05, 4.69) is 15.2 Å². The summed E-state index contributed by atoms with van der Waals surface area (Å²) in [6.07, 6.45) is 8.18. The van der Waals surface area contributed by atoms with E-state index in [1.54, 1.807) is 48.7 Å². The lowest BCUT2D eigenvalue weighted by Gasteiger charge is -2.22. The van der Waals surface area contributed by atoms with Gasteiger partial charge in [-0.2, -0.15) is 4.39 Å². The molecular weight excluding hydrogens is 515 g/mol. The fourth-order valence-corrected chi connectivity index (χ4v) is 6.66. The van der Waals surface area contributed by atoms with E-state index in [4.69, 9.17) is 4.74 Å². The monoisotopic (exact) mass is 550 g/mol. The minimum Gasteiger partial charge on any atom is -0.379 e. The molecular formula is C30H35FN4O3S. The standard InChI is InChI=1S/C30H35FN4O3S/c31-30-24(9-8-16-33-30)21-34(18-20-38-19-17-32-26-10-4-5-11-26)22-25-23-35(29-15-7-6-14-28(25)29)39(36,37)27-12-2-1-3-13-27/h1-3,6-9,12-16,23,26,32H,4-5,10-11,17-22H2. The summed E-state index contributed by atoms with van der Waals surface area (Å²) in [4.78, 5) is 6.10. The quantitative estimate of drug-likeness (QED) is 0.187. The van der Waals surface area contributed by atoms with Crippen molar-refractivity contribution < 1.29 is 17.5 Å². The molecule has 0 spiro atoms. The van der Waals surface area contributed by atoms with Gasteiger partial charge in [0.1, 0.15) is 0 Å². The summed E-state index contributed by atoms with van der Waals surface area (Å²) in [6, 6.07) is 19.9. The number of para-hydroxylation sites is 1. The zero-order chi connectivity index (χ0) is 27.1. The molecule has 9 heteroatoms. The molecule has 7 nitrogen and oxygen atoms in total. The van der Waals surface area contributed by atoms with Crippen LogP contribution < -0.4 is 5.32 Å². The fraction of sp³-hybridized carbons (Fsp3) is 0.367. The number of benzene rings is 2. The summed E-state index contributed by atoms with van der Waals surface area (Å²) in [5, 5.41) is 4.39. The number of nitrogens with one attached hydrogen (secondary N) is 1. The predicted octanol–water partition coefficient (Wildman–Crippen LogP) is 4.96. The lowest BCUT2D eigenvalue weighted by molar-refractivity contribution is 0.0983. The molecule has 206 valence electrons. The van der Waals surface area contributed by atoms with E-state index in [1.165, 1.54) is 35.9 Å². The first-order valence-corrected chi connectivity index (χ1v) is 15.0.